The van der Waals surface area contributed by atoms with Gasteiger partial charge in [-0.3, -0.25) is 9.59 Å². The summed E-state index contributed by atoms with van der Waals surface area (Å²) in [6.07, 6.45) is -0.0604. The molecule has 1 fully saturated rings. The zero-order valence-electron chi connectivity index (χ0n) is 15.1. The molecule has 0 unspecified atom stereocenters. The molecular formula is C19H15Cl2FN4O2S. The Balaban J connectivity index is 1.60. The van der Waals surface area contributed by atoms with Crippen molar-refractivity contribution in [2.45, 2.75) is 18.6 Å². The first-order chi connectivity index (χ1) is 13.8. The summed E-state index contributed by atoms with van der Waals surface area (Å²) in [6, 6.07) is 10.5. The van der Waals surface area contributed by atoms with Gasteiger partial charge in [0.05, 0.1) is 16.4 Å². The van der Waals surface area contributed by atoms with Gasteiger partial charge in [0, 0.05) is 11.4 Å². The largest absolute Gasteiger partial charge is 0.325 e. The summed E-state index contributed by atoms with van der Waals surface area (Å²) in [6.45, 7) is 1.72. The predicted molar refractivity (Wildman–Crippen MR) is 115 cm³/mol. The minimum Gasteiger partial charge on any atom is -0.325 e. The maximum atomic E-state index is 13.0. The highest BCUT2D eigenvalue weighted by Gasteiger charge is 2.32. The Morgan fingerprint density at radius 3 is 2.66 bits per heavy atom. The quantitative estimate of drug-likeness (QED) is 0.518. The Bertz CT molecular complexity index is 1010. The van der Waals surface area contributed by atoms with E-state index in [9.17, 15) is 14.0 Å². The van der Waals surface area contributed by atoms with Crippen molar-refractivity contribution in [3.05, 3.63) is 63.9 Å². The highest BCUT2D eigenvalue weighted by atomic mass is 35.5. The first-order valence-corrected chi connectivity index (χ1v) is 10.1. The minimum atomic E-state index is -0.638. The molecule has 150 valence electrons. The molecule has 2 aromatic carbocycles. The van der Waals surface area contributed by atoms with Gasteiger partial charge in [-0.25, -0.2) is 4.39 Å². The molecule has 1 heterocycles. The van der Waals surface area contributed by atoms with Crippen LogP contribution in [0.2, 0.25) is 10.0 Å². The molecule has 1 aliphatic heterocycles. The minimum absolute atomic E-state index is 0.0604. The fraction of sp³-hybridized carbons (Fsp3) is 0.158. The van der Waals surface area contributed by atoms with Crippen LogP contribution in [0.4, 0.5) is 10.1 Å². The lowest BCUT2D eigenvalue weighted by Gasteiger charge is -2.09. The van der Waals surface area contributed by atoms with E-state index in [-0.39, 0.29) is 24.1 Å². The first kappa shape index (κ1) is 21.3. The second-order valence-corrected chi connectivity index (χ2v) is 8.10. The summed E-state index contributed by atoms with van der Waals surface area (Å²) in [7, 11) is 0. The SMILES string of the molecule is C/C(=N/N=C1\NC(=O)[C@H](CC(=O)Nc2ccc(Cl)cc2Cl)S1)c1ccc(F)cc1. The van der Waals surface area contributed by atoms with Crippen molar-refractivity contribution in [3.63, 3.8) is 0 Å². The van der Waals surface area contributed by atoms with Crippen LogP contribution < -0.4 is 10.6 Å². The van der Waals surface area contributed by atoms with Gasteiger partial charge < -0.3 is 10.6 Å². The Kier molecular flexibility index (Phi) is 6.89. The van der Waals surface area contributed by atoms with Crippen LogP contribution in [-0.4, -0.2) is 27.9 Å². The van der Waals surface area contributed by atoms with Crippen LogP contribution in [0.25, 0.3) is 0 Å². The summed E-state index contributed by atoms with van der Waals surface area (Å²) < 4.78 is 13.0. The Labute approximate surface area is 180 Å². The molecule has 0 aromatic heterocycles. The smallest absolute Gasteiger partial charge is 0.240 e. The first-order valence-electron chi connectivity index (χ1n) is 8.42. The molecule has 0 saturated carbocycles. The molecule has 10 heteroatoms. The highest BCUT2D eigenvalue weighted by molar-refractivity contribution is 8.15. The summed E-state index contributed by atoms with van der Waals surface area (Å²) in [4.78, 5) is 24.4. The molecular weight excluding hydrogens is 438 g/mol. The summed E-state index contributed by atoms with van der Waals surface area (Å²) >= 11 is 13.0. The van der Waals surface area contributed by atoms with E-state index in [1.165, 1.54) is 18.2 Å². The van der Waals surface area contributed by atoms with Crippen molar-refractivity contribution >= 4 is 63.3 Å². The summed E-state index contributed by atoms with van der Waals surface area (Å²) in [5, 5.41) is 13.7. The average Bonchev–Trinajstić information content (AvgIpc) is 3.02. The molecule has 0 spiro atoms. The standard InChI is InChI=1S/C19H15Cl2FN4O2S/c1-10(11-2-5-13(22)6-3-11)25-26-19-24-18(28)16(29-19)9-17(27)23-15-7-4-12(20)8-14(15)21/h2-8,16H,9H2,1H3,(H,23,27)(H,24,26,28)/b25-10-/t16-/m0/s1. The van der Waals surface area contributed by atoms with Gasteiger partial charge in [0.25, 0.3) is 0 Å². The second-order valence-electron chi connectivity index (χ2n) is 6.07. The number of thioether (sulfide) groups is 1. The van der Waals surface area contributed by atoms with Gasteiger partial charge in [0.2, 0.25) is 11.8 Å². The number of benzene rings is 2. The lowest BCUT2D eigenvalue weighted by atomic mass is 10.1. The number of nitrogens with one attached hydrogen (secondary N) is 2. The second kappa shape index (κ2) is 9.39. The third-order valence-corrected chi connectivity index (χ3v) is 5.53. The van der Waals surface area contributed by atoms with Gasteiger partial charge in [-0.2, -0.15) is 5.10 Å². The fourth-order valence-corrected chi connectivity index (χ4v) is 3.79. The van der Waals surface area contributed by atoms with Crippen LogP contribution in [0.5, 0.6) is 0 Å². The number of amidine groups is 1. The van der Waals surface area contributed by atoms with Crippen molar-refractivity contribution in [1.82, 2.24) is 5.32 Å². The van der Waals surface area contributed by atoms with Crippen molar-refractivity contribution in [2.75, 3.05) is 5.32 Å². The highest BCUT2D eigenvalue weighted by Crippen LogP contribution is 2.27. The molecule has 1 atom stereocenters. The normalized spacial score (nSPS) is 18.1. The number of carbonyl (C=O) groups is 2. The van der Waals surface area contributed by atoms with Gasteiger partial charge in [0.1, 0.15) is 11.1 Å². The Hall–Kier alpha value is -2.42. The van der Waals surface area contributed by atoms with Gasteiger partial charge in [0.15, 0.2) is 5.17 Å². The van der Waals surface area contributed by atoms with Crippen molar-refractivity contribution in [3.8, 4) is 0 Å². The van der Waals surface area contributed by atoms with Gasteiger partial charge in [-0.1, -0.05) is 47.1 Å². The van der Waals surface area contributed by atoms with Crippen LogP contribution in [0.1, 0.15) is 18.9 Å². The number of nitrogens with zero attached hydrogens (tertiary/aromatic N) is 2. The number of hydrogen-bond acceptors (Lipinski definition) is 5. The molecule has 29 heavy (non-hydrogen) atoms. The summed E-state index contributed by atoms with van der Waals surface area (Å²) in [5.41, 5.74) is 1.68. The molecule has 2 N–H and O–H groups in total. The third kappa shape index (κ3) is 5.79. The van der Waals surface area contributed by atoms with Crippen LogP contribution in [0.3, 0.4) is 0 Å². The number of anilines is 1. The van der Waals surface area contributed by atoms with Crippen LogP contribution in [-0.2, 0) is 9.59 Å². The maximum Gasteiger partial charge on any atom is 0.240 e. The van der Waals surface area contributed by atoms with Gasteiger partial charge in [-0.05, 0) is 42.8 Å². The average molecular weight is 453 g/mol. The Morgan fingerprint density at radius 1 is 1.24 bits per heavy atom. The van der Waals surface area contributed by atoms with E-state index in [4.69, 9.17) is 23.2 Å². The van der Waals surface area contributed by atoms with Gasteiger partial charge >= 0.3 is 0 Å². The molecule has 0 bridgehead atoms. The monoisotopic (exact) mass is 452 g/mol. The molecule has 2 aromatic rings. The molecule has 1 aliphatic rings. The number of rotatable bonds is 5. The lowest BCUT2D eigenvalue weighted by Crippen LogP contribution is -2.28. The predicted octanol–water partition coefficient (Wildman–Crippen LogP) is 4.47. The van der Waals surface area contributed by atoms with Crippen LogP contribution in [0, 0.1) is 5.82 Å². The van der Waals surface area contributed by atoms with Crippen molar-refractivity contribution in [1.29, 1.82) is 0 Å². The summed E-state index contributed by atoms with van der Waals surface area (Å²) in [5.74, 6) is -1.04. The van der Waals surface area contributed by atoms with E-state index in [2.05, 4.69) is 20.8 Å². The number of carbonyl (C=O) groups excluding carboxylic acids is 2. The number of amides is 2. The molecule has 0 radical (unpaired) electrons. The topological polar surface area (TPSA) is 82.9 Å². The van der Waals surface area contributed by atoms with Crippen LogP contribution in [0.15, 0.2) is 52.7 Å². The van der Waals surface area contributed by atoms with Crippen molar-refractivity contribution < 1.29 is 14.0 Å². The van der Waals surface area contributed by atoms with Gasteiger partial charge in [-0.15, -0.1) is 5.10 Å². The zero-order valence-corrected chi connectivity index (χ0v) is 17.4. The van der Waals surface area contributed by atoms with E-state index < -0.39 is 5.25 Å². The zero-order chi connectivity index (χ0) is 21.0. The molecule has 3 rings (SSSR count). The third-order valence-electron chi connectivity index (χ3n) is 3.91. The maximum absolute atomic E-state index is 13.0. The molecule has 1 saturated heterocycles. The number of hydrogen-bond donors (Lipinski definition) is 2. The molecule has 6 nitrogen and oxygen atoms in total. The number of halogens is 3. The van der Waals surface area contributed by atoms with Crippen molar-refractivity contribution in [2.24, 2.45) is 10.2 Å². The fourth-order valence-electron chi connectivity index (χ4n) is 2.42. The molecule has 0 aliphatic carbocycles. The van der Waals surface area contributed by atoms with Crippen LogP contribution >= 0.6 is 35.0 Å². The van der Waals surface area contributed by atoms with E-state index in [0.717, 1.165) is 11.8 Å². The Morgan fingerprint density at radius 2 is 1.97 bits per heavy atom. The van der Waals surface area contributed by atoms with E-state index >= 15 is 0 Å². The molecule has 2 amide bonds. The van der Waals surface area contributed by atoms with E-state index in [1.807, 2.05) is 0 Å². The lowest BCUT2D eigenvalue weighted by molar-refractivity contribution is -0.122. The van der Waals surface area contributed by atoms with E-state index in [1.54, 1.807) is 31.2 Å². The van der Waals surface area contributed by atoms with E-state index in [0.29, 0.717) is 32.2 Å².